The Balaban J connectivity index is 1.39. The normalized spacial score (nSPS) is 18.6. The molecule has 7 heteroatoms. The number of hydrogen-bond donors (Lipinski definition) is 0. The molecule has 0 radical (unpaired) electrons. The van der Waals surface area contributed by atoms with Crippen LogP contribution in [0.2, 0.25) is 0 Å². The Morgan fingerprint density at radius 1 is 0.828 bits per heavy atom. The summed E-state index contributed by atoms with van der Waals surface area (Å²) in [5, 5.41) is 0. The molecule has 0 saturated carbocycles. The number of likely N-dealkylation sites (tertiary alicyclic amines) is 1. The van der Waals surface area contributed by atoms with Gasteiger partial charge in [0.15, 0.2) is 5.78 Å². The third-order valence-electron chi connectivity index (χ3n) is 5.95. The van der Waals surface area contributed by atoms with Gasteiger partial charge in [-0.05, 0) is 32.8 Å². The highest BCUT2D eigenvalue weighted by atomic mass is 32.1. The lowest BCUT2D eigenvalue weighted by Crippen LogP contribution is -2.51. The van der Waals surface area contributed by atoms with Crippen LogP contribution in [0, 0.1) is 13.8 Å². The summed E-state index contributed by atoms with van der Waals surface area (Å²) in [4.78, 5) is 45.6. The Morgan fingerprint density at radius 3 is 2.03 bits per heavy atom. The molecule has 0 atom stereocenters. The first kappa shape index (κ1) is 22.0. The number of carbonyl (C=O) groups is 3. The van der Waals surface area contributed by atoms with Gasteiger partial charge in [-0.3, -0.25) is 19.3 Å². The summed E-state index contributed by atoms with van der Waals surface area (Å²) in [6.07, 6.45) is 5.19. The SMILES string of the molecule is Cc1cc(C(=O)CCC(=O)N2CCN(CC(=O)N3CCCCCC3)CC2)c(C)s1. The van der Waals surface area contributed by atoms with E-state index in [9.17, 15) is 14.4 Å². The van der Waals surface area contributed by atoms with Crippen LogP contribution in [0.5, 0.6) is 0 Å². The molecule has 0 aliphatic carbocycles. The van der Waals surface area contributed by atoms with E-state index >= 15 is 0 Å². The zero-order valence-electron chi connectivity index (χ0n) is 17.7. The van der Waals surface area contributed by atoms with Crippen molar-refractivity contribution in [1.29, 1.82) is 0 Å². The van der Waals surface area contributed by atoms with Crippen molar-refractivity contribution < 1.29 is 14.4 Å². The van der Waals surface area contributed by atoms with Gasteiger partial charge in [-0.25, -0.2) is 0 Å². The fourth-order valence-electron chi connectivity index (χ4n) is 4.19. The number of nitrogens with zero attached hydrogens (tertiary/aromatic N) is 3. The van der Waals surface area contributed by atoms with Crippen LogP contribution in [0.4, 0.5) is 0 Å². The molecule has 2 saturated heterocycles. The zero-order valence-corrected chi connectivity index (χ0v) is 18.6. The Hall–Kier alpha value is -1.73. The number of aryl methyl sites for hydroxylation is 2. The second-order valence-corrected chi connectivity index (χ2v) is 9.66. The highest BCUT2D eigenvalue weighted by Gasteiger charge is 2.25. The van der Waals surface area contributed by atoms with Crippen LogP contribution in [-0.2, 0) is 9.59 Å². The molecule has 0 bridgehead atoms. The van der Waals surface area contributed by atoms with E-state index in [4.69, 9.17) is 0 Å². The molecule has 3 rings (SSSR count). The minimum Gasteiger partial charge on any atom is -0.342 e. The predicted octanol–water partition coefficient (Wildman–Crippen LogP) is 2.87. The molecule has 0 aromatic carbocycles. The molecule has 3 heterocycles. The summed E-state index contributed by atoms with van der Waals surface area (Å²) in [7, 11) is 0. The zero-order chi connectivity index (χ0) is 20.8. The van der Waals surface area contributed by atoms with Crippen LogP contribution in [-0.4, -0.2) is 78.1 Å². The molecule has 0 N–H and O–H groups in total. The van der Waals surface area contributed by atoms with E-state index in [1.165, 1.54) is 12.8 Å². The molecule has 2 aliphatic heterocycles. The van der Waals surface area contributed by atoms with Crippen LogP contribution in [0.25, 0.3) is 0 Å². The summed E-state index contributed by atoms with van der Waals surface area (Å²) in [5.74, 6) is 0.321. The highest BCUT2D eigenvalue weighted by Crippen LogP contribution is 2.22. The maximum atomic E-state index is 12.5. The van der Waals surface area contributed by atoms with Crippen LogP contribution in [0.15, 0.2) is 6.07 Å². The molecule has 2 fully saturated rings. The lowest BCUT2D eigenvalue weighted by Gasteiger charge is -2.35. The number of Topliss-reactive ketones (excluding diaryl/α,β-unsaturated/α-hetero) is 1. The predicted molar refractivity (Wildman–Crippen MR) is 115 cm³/mol. The molecule has 0 spiro atoms. The smallest absolute Gasteiger partial charge is 0.236 e. The van der Waals surface area contributed by atoms with E-state index in [0.717, 1.165) is 54.3 Å². The van der Waals surface area contributed by atoms with Crippen molar-refractivity contribution in [1.82, 2.24) is 14.7 Å². The monoisotopic (exact) mass is 419 g/mol. The van der Waals surface area contributed by atoms with Crippen molar-refractivity contribution >= 4 is 28.9 Å². The Kier molecular flexibility index (Phi) is 7.84. The van der Waals surface area contributed by atoms with Gasteiger partial charge in [-0.1, -0.05) is 12.8 Å². The van der Waals surface area contributed by atoms with Gasteiger partial charge in [0.05, 0.1) is 6.54 Å². The van der Waals surface area contributed by atoms with Crippen molar-refractivity contribution in [2.45, 2.75) is 52.4 Å². The quantitative estimate of drug-likeness (QED) is 0.665. The van der Waals surface area contributed by atoms with Gasteiger partial charge in [-0.2, -0.15) is 0 Å². The van der Waals surface area contributed by atoms with E-state index in [2.05, 4.69) is 4.90 Å². The number of hydrogen-bond acceptors (Lipinski definition) is 5. The molecule has 2 amide bonds. The van der Waals surface area contributed by atoms with Gasteiger partial charge < -0.3 is 9.80 Å². The number of thiophene rings is 1. The van der Waals surface area contributed by atoms with Crippen molar-refractivity contribution in [2.24, 2.45) is 0 Å². The van der Waals surface area contributed by atoms with Crippen LogP contribution in [0.3, 0.4) is 0 Å². The van der Waals surface area contributed by atoms with Gasteiger partial charge >= 0.3 is 0 Å². The Morgan fingerprint density at radius 2 is 1.45 bits per heavy atom. The fourth-order valence-corrected chi connectivity index (χ4v) is 5.13. The van der Waals surface area contributed by atoms with E-state index in [1.807, 2.05) is 29.7 Å². The first-order valence-electron chi connectivity index (χ1n) is 10.8. The van der Waals surface area contributed by atoms with Crippen LogP contribution >= 0.6 is 11.3 Å². The van der Waals surface area contributed by atoms with E-state index in [-0.39, 0.29) is 30.4 Å². The standard InChI is InChI=1S/C22H33N3O3S/c1-17-15-19(18(2)29-17)20(26)7-8-21(27)25-13-11-23(12-14-25)16-22(28)24-9-5-3-4-6-10-24/h15H,3-14,16H2,1-2H3. The maximum Gasteiger partial charge on any atom is 0.236 e. The minimum atomic E-state index is 0.0430. The maximum absolute atomic E-state index is 12.5. The van der Waals surface area contributed by atoms with Gasteiger partial charge in [0.25, 0.3) is 0 Å². The van der Waals surface area contributed by atoms with Crippen molar-refractivity contribution in [3.8, 4) is 0 Å². The van der Waals surface area contributed by atoms with Gasteiger partial charge in [0, 0.05) is 67.4 Å². The number of piperazine rings is 1. The fraction of sp³-hybridized carbons (Fsp3) is 0.682. The third kappa shape index (κ3) is 6.12. The number of carbonyl (C=O) groups excluding carboxylic acids is 3. The molecule has 29 heavy (non-hydrogen) atoms. The second-order valence-electron chi connectivity index (χ2n) is 8.20. The van der Waals surface area contributed by atoms with Gasteiger partial charge in [0.2, 0.25) is 11.8 Å². The number of ketones is 1. The second kappa shape index (κ2) is 10.3. The molecule has 160 valence electrons. The van der Waals surface area contributed by atoms with Gasteiger partial charge in [-0.15, -0.1) is 11.3 Å². The number of amides is 2. The molecule has 0 unspecified atom stereocenters. The first-order valence-corrected chi connectivity index (χ1v) is 11.6. The molecular weight excluding hydrogens is 386 g/mol. The summed E-state index contributed by atoms with van der Waals surface area (Å²) in [5.41, 5.74) is 0.761. The number of rotatable bonds is 6. The summed E-state index contributed by atoms with van der Waals surface area (Å²) >= 11 is 1.62. The van der Waals surface area contributed by atoms with Crippen molar-refractivity contribution in [3.63, 3.8) is 0 Å². The summed E-state index contributed by atoms with van der Waals surface area (Å²) in [6.45, 7) is 8.90. The molecule has 1 aromatic rings. The average Bonchev–Trinajstić information content (AvgIpc) is 2.89. The van der Waals surface area contributed by atoms with Gasteiger partial charge in [0.1, 0.15) is 0 Å². The molecule has 2 aliphatic rings. The first-order chi connectivity index (χ1) is 13.9. The largest absolute Gasteiger partial charge is 0.342 e. The molecule has 6 nitrogen and oxygen atoms in total. The topological polar surface area (TPSA) is 60.9 Å². The van der Waals surface area contributed by atoms with Crippen molar-refractivity contribution in [3.05, 3.63) is 21.4 Å². The summed E-state index contributed by atoms with van der Waals surface area (Å²) in [6, 6.07) is 1.92. The Bertz CT molecular complexity index is 730. The lowest BCUT2D eigenvalue weighted by atomic mass is 10.1. The molecular formula is C22H33N3O3S. The van der Waals surface area contributed by atoms with E-state index in [0.29, 0.717) is 19.6 Å². The molecule has 1 aromatic heterocycles. The van der Waals surface area contributed by atoms with Crippen molar-refractivity contribution in [2.75, 3.05) is 45.8 Å². The minimum absolute atomic E-state index is 0.0430. The third-order valence-corrected chi connectivity index (χ3v) is 6.92. The highest BCUT2D eigenvalue weighted by molar-refractivity contribution is 7.12. The van der Waals surface area contributed by atoms with E-state index < -0.39 is 0 Å². The average molecular weight is 420 g/mol. The Labute approximate surface area is 177 Å². The van der Waals surface area contributed by atoms with Crippen LogP contribution in [0.1, 0.15) is 58.6 Å². The van der Waals surface area contributed by atoms with E-state index in [1.54, 1.807) is 11.3 Å². The lowest BCUT2D eigenvalue weighted by molar-refractivity contribution is -0.135. The van der Waals surface area contributed by atoms with Crippen LogP contribution < -0.4 is 0 Å². The summed E-state index contributed by atoms with van der Waals surface area (Å²) < 4.78 is 0.